The van der Waals surface area contributed by atoms with E-state index >= 15 is 0 Å². The monoisotopic (exact) mass is 307 g/mol. The molecule has 1 aliphatic rings. The summed E-state index contributed by atoms with van der Waals surface area (Å²) in [6.07, 6.45) is 0.775. The summed E-state index contributed by atoms with van der Waals surface area (Å²) < 4.78 is 26.0. The van der Waals surface area contributed by atoms with Gasteiger partial charge in [-0.15, -0.1) is 23.1 Å². The van der Waals surface area contributed by atoms with Gasteiger partial charge in [0.15, 0.2) is 0 Å². The van der Waals surface area contributed by atoms with Crippen molar-refractivity contribution in [1.29, 1.82) is 0 Å². The molecule has 2 heterocycles. The molecule has 1 fully saturated rings. The van der Waals surface area contributed by atoms with E-state index < -0.39 is 22.0 Å². The van der Waals surface area contributed by atoms with Crippen LogP contribution in [-0.4, -0.2) is 41.5 Å². The third kappa shape index (κ3) is 2.42. The van der Waals surface area contributed by atoms with E-state index in [-0.39, 0.29) is 10.1 Å². The molecule has 0 radical (unpaired) electrons. The van der Waals surface area contributed by atoms with Gasteiger partial charge in [-0.25, -0.2) is 8.42 Å². The minimum Gasteiger partial charge on any atom is -0.480 e. The highest BCUT2D eigenvalue weighted by molar-refractivity contribution is 8.01. The quantitative estimate of drug-likeness (QED) is 0.911. The second-order valence-electron chi connectivity index (χ2n) is 3.82. The number of nitrogens with zero attached hydrogens (tertiary/aromatic N) is 1. The van der Waals surface area contributed by atoms with E-state index in [9.17, 15) is 13.2 Å². The zero-order valence-electron chi connectivity index (χ0n) is 9.70. The summed E-state index contributed by atoms with van der Waals surface area (Å²) in [7, 11) is -3.67. The van der Waals surface area contributed by atoms with Gasteiger partial charge in [0.2, 0.25) is 0 Å². The first-order valence-corrected chi connectivity index (χ1v) is 8.79. The van der Waals surface area contributed by atoms with Gasteiger partial charge in [-0.1, -0.05) is 6.92 Å². The van der Waals surface area contributed by atoms with Gasteiger partial charge >= 0.3 is 5.97 Å². The normalized spacial score (nSPS) is 21.3. The molecule has 0 spiro atoms. The fourth-order valence-corrected chi connectivity index (χ4v) is 6.22. The summed E-state index contributed by atoms with van der Waals surface area (Å²) in [5.41, 5.74) is 0. The number of sulfonamides is 1. The molecular formula is C10H13NO4S3. The standard InChI is InChI=1S/C10H13NO4S3/c1-2-7-3-4-9(17-7)18(14,15)11-6-16-5-8(11)10(12)13/h3-4,8H,2,5-6H2,1H3,(H,12,13)/t8-/m0/s1. The van der Waals surface area contributed by atoms with Crippen LogP contribution in [0.1, 0.15) is 11.8 Å². The third-order valence-electron chi connectivity index (χ3n) is 2.68. The average Bonchev–Trinajstić information content (AvgIpc) is 2.98. The number of aryl methyl sites for hydroxylation is 1. The van der Waals surface area contributed by atoms with Crippen LogP contribution >= 0.6 is 23.1 Å². The molecular weight excluding hydrogens is 294 g/mol. The predicted molar refractivity (Wildman–Crippen MR) is 71.5 cm³/mol. The molecule has 1 N–H and O–H groups in total. The molecule has 0 bridgehead atoms. The zero-order valence-corrected chi connectivity index (χ0v) is 12.1. The average molecular weight is 307 g/mol. The molecule has 1 aliphatic heterocycles. The Morgan fingerprint density at radius 2 is 2.28 bits per heavy atom. The number of rotatable bonds is 4. The van der Waals surface area contributed by atoms with Crippen molar-refractivity contribution in [2.24, 2.45) is 0 Å². The molecule has 0 amide bonds. The minimum absolute atomic E-state index is 0.207. The van der Waals surface area contributed by atoms with Crippen LogP contribution in [0.25, 0.3) is 0 Å². The Bertz CT molecular complexity index is 551. The SMILES string of the molecule is CCc1ccc(S(=O)(=O)N2CSC[C@H]2C(=O)O)s1. The highest BCUT2D eigenvalue weighted by Crippen LogP contribution is 2.31. The smallest absolute Gasteiger partial charge is 0.322 e. The highest BCUT2D eigenvalue weighted by Gasteiger charge is 2.40. The van der Waals surface area contributed by atoms with Crippen LogP contribution in [0.2, 0.25) is 0 Å². The van der Waals surface area contributed by atoms with Crippen molar-refractivity contribution in [3.63, 3.8) is 0 Å². The van der Waals surface area contributed by atoms with Crippen molar-refractivity contribution in [1.82, 2.24) is 4.31 Å². The van der Waals surface area contributed by atoms with Gasteiger partial charge in [-0.3, -0.25) is 4.79 Å². The van der Waals surface area contributed by atoms with Crippen molar-refractivity contribution < 1.29 is 18.3 Å². The summed E-state index contributed by atoms with van der Waals surface area (Å²) in [6.45, 7) is 1.95. The Kier molecular flexibility index (Phi) is 4.00. The summed E-state index contributed by atoms with van der Waals surface area (Å²) in [4.78, 5) is 12.0. The maximum absolute atomic E-state index is 12.3. The molecule has 100 valence electrons. The zero-order chi connectivity index (χ0) is 13.3. The van der Waals surface area contributed by atoms with Crippen LogP contribution in [0.5, 0.6) is 0 Å². The van der Waals surface area contributed by atoms with Crippen molar-refractivity contribution in [3.8, 4) is 0 Å². The van der Waals surface area contributed by atoms with Gasteiger partial charge in [0.25, 0.3) is 10.0 Å². The van der Waals surface area contributed by atoms with E-state index in [1.807, 2.05) is 6.92 Å². The number of hydrogen-bond acceptors (Lipinski definition) is 5. The van der Waals surface area contributed by atoms with Crippen molar-refractivity contribution >= 4 is 39.1 Å². The van der Waals surface area contributed by atoms with Crippen LogP contribution in [-0.2, 0) is 21.2 Å². The molecule has 2 rings (SSSR count). The first-order valence-electron chi connectivity index (χ1n) is 5.38. The lowest BCUT2D eigenvalue weighted by Crippen LogP contribution is -2.41. The minimum atomic E-state index is -3.67. The molecule has 1 saturated heterocycles. The second-order valence-corrected chi connectivity index (χ2v) is 8.11. The van der Waals surface area contributed by atoms with Gasteiger partial charge < -0.3 is 5.11 Å². The molecule has 5 nitrogen and oxygen atoms in total. The summed E-state index contributed by atoms with van der Waals surface area (Å²) in [5.74, 6) is -0.574. The number of carboxylic acid groups (broad SMARTS) is 1. The van der Waals surface area contributed by atoms with Crippen LogP contribution in [0, 0.1) is 0 Å². The van der Waals surface area contributed by atoms with Gasteiger partial charge in [0.1, 0.15) is 10.3 Å². The number of thioether (sulfide) groups is 1. The lowest BCUT2D eigenvalue weighted by molar-refractivity contribution is -0.140. The fourth-order valence-electron chi connectivity index (χ4n) is 1.66. The Morgan fingerprint density at radius 3 is 2.83 bits per heavy atom. The largest absolute Gasteiger partial charge is 0.480 e. The lowest BCUT2D eigenvalue weighted by atomic mass is 10.4. The van der Waals surface area contributed by atoms with E-state index in [0.717, 1.165) is 15.6 Å². The fraction of sp³-hybridized carbons (Fsp3) is 0.500. The van der Waals surface area contributed by atoms with Gasteiger partial charge in [0, 0.05) is 10.6 Å². The summed E-state index contributed by atoms with van der Waals surface area (Å²) in [5, 5.41) is 9.03. The van der Waals surface area contributed by atoms with Crippen molar-refractivity contribution in [3.05, 3.63) is 17.0 Å². The Morgan fingerprint density at radius 1 is 1.56 bits per heavy atom. The van der Waals surface area contributed by atoms with Gasteiger partial charge in [-0.2, -0.15) is 4.31 Å². The van der Waals surface area contributed by atoms with Crippen molar-refractivity contribution in [2.75, 3.05) is 11.6 Å². The van der Waals surface area contributed by atoms with E-state index in [4.69, 9.17) is 5.11 Å². The molecule has 0 unspecified atom stereocenters. The van der Waals surface area contributed by atoms with Crippen LogP contribution in [0.15, 0.2) is 16.3 Å². The van der Waals surface area contributed by atoms with Gasteiger partial charge in [0.05, 0.1) is 5.88 Å². The van der Waals surface area contributed by atoms with E-state index in [0.29, 0.717) is 5.75 Å². The first-order chi connectivity index (χ1) is 8.46. The lowest BCUT2D eigenvalue weighted by Gasteiger charge is -2.18. The molecule has 1 atom stereocenters. The Hall–Kier alpha value is -0.570. The maximum Gasteiger partial charge on any atom is 0.322 e. The number of hydrogen-bond donors (Lipinski definition) is 1. The van der Waals surface area contributed by atoms with E-state index in [1.54, 1.807) is 12.1 Å². The van der Waals surface area contributed by atoms with E-state index in [1.165, 1.54) is 23.1 Å². The van der Waals surface area contributed by atoms with Crippen molar-refractivity contribution in [2.45, 2.75) is 23.6 Å². The molecule has 0 saturated carbocycles. The number of thiophene rings is 1. The molecule has 0 aliphatic carbocycles. The molecule has 1 aromatic rings. The maximum atomic E-state index is 12.3. The number of aliphatic carboxylic acids is 1. The highest BCUT2D eigenvalue weighted by atomic mass is 32.2. The summed E-state index contributed by atoms with van der Waals surface area (Å²) >= 11 is 2.53. The molecule has 0 aromatic carbocycles. The second kappa shape index (κ2) is 5.20. The predicted octanol–water partition coefficient (Wildman–Crippen LogP) is 1.46. The molecule has 8 heteroatoms. The summed E-state index contributed by atoms with van der Waals surface area (Å²) in [6, 6.07) is 2.38. The number of carbonyl (C=O) groups is 1. The third-order valence-corrected chi connectivity index (χ3v) is 7.40. The van der Waals surface area contributed by atoms with Crippen LogP contribution in [0.3, 0.4) is 0 Å². The van der Waals surface area contributed by atoms with E-state index in [2.05, 4.69) is 0 Å². The Labute approximate surface area is 114 Å². The topological polar surface area (TPSA) is 74.7 Å². The first kappa shape index (κ1) is 13.9. The van der Waals surface area contributed by atoms with Gasteiger partial charge in [-0.05, 0) is 18.6 Å². The molecule has 1 aromatic heterocycles. The Balaban J connectivity index is 2.33. The van der Waals surface area contributed by atoms with Crippen LogP contribution in [0.4, 0.5) is 0 Å². The van der Waals surface area contributed by atoms with Crippen LogP contribution < -0.4 is 0 Å². The number of carboxylic acids is 1. The molecule has 18 heavy (non-hydrogen) atoms.